The molecule has 0 aliphatic heterocycles. The highest BCUT2D eigenvalue weighted by Crippen LogP contribution is 2.30. The molecule has 2 aromatic rings. The number of anilines is 1. The van der Waals surface area contributed by atoms with Gasteiger partial charge >= 0.3 is 11.9 Å². The fourth-order valence-electron chi connectivity index (χ4n) is 2.58. The molecule has 29 heavy (non-hydrogen) atoms. The largest absolute Gasteiger partial charge is 0.462 e. The average Bonchev–Trinajstić information content (AvgIpc) is 3.07. The molecular weight excluding hydrogens is 390 g/mol. The highest BCUT2D eigenvalue weighted by Gasteiger charge is 2.22. The summed E-state index contributed by atoms with van der Waals surface area (Å²) in [7, 11) is 0. The summed E-state index contributed by atoms with van der Waals surface area (Å²) in [5.74, 6) is -1.27. The number of benzene rings is 1. The molecule has 1 aromatic heterocycles. The van der Waals surface area contributed by atoms with Crippen molar-refractivity contribution in [2.75, 3.05) is 18.5 Å². The van der Waals surface area contributed by atoms with Gasteiger partial charge in [0.15, 0.2) is 6.61 Å². The minimum atomic E-state index is -0.624. The first-order valence-electron chi connectivity index (χ1n) is 9.38. The lowest BCUT2D eigenvalue weighted by atomic mass is 10.0. The molecule has 1 amide bonds. The van der Waals surface area contributed by atoms with Gasteiger partial charge < -0.3 is 14.8 Å². The van der Waals surface area contributed by atoms with Crippen LogP contribution in [0.5, 0.6) is 0 Å². The van der Waals surface area contributed by atoms with Gasteiger partial charge in [0.25, 0.3) is 5.91 Å². The number of ether oxygens (including phenoxy) is 2. The molecule has 2 rings (SSSR count). The molecule has 0 saturated carbocycles. The molecule has 0 atom stereocenters. The molecule has 7 heteroatoms. The van der Waals surface area contributed by atoms with Crippen LogP contribution in [0.1, 0.15) is 42.3 Å². The second kappa shape index (κ2) is 11.2. The Morgan fingerprint density at radius 2 is 1.86 bits per heavy atom. The van der Waals surface area contributed by atoms with Crippen molar-refractivity contribution in [1.29, 1.82) is 0 Å². The van der Waals surface area contributed by atoms with Gasteiger partial charge in [-0.2, -0.15) is 0 Å². The van der Waals surface area contributed by atoms with E-state index in [1.165, 1.54) is 17.4 Å². The lowest BCUT2D eigenvalue weighted by molar-refractivity contribution is -0.142. The lowest BCUT2D eigenvalue weighted by Gasteiger charge is -2.10. The van der Waals surface area contributed by atoms with Crippen molar-refractivity contribution >= 4 is 40.3 Å². The van der Waals surface area contributed by atoms with Gasteiger partial charge in [0.2, 0.25) is 0 Å². The SMILES string of the molecule is CCOC(=O)c1c(CC(C)C)csc1NC(=O)COC(=O)/C=C/c1ccccc1. The standard InChI is InChI=1S/C22H25NO5S/c1-4-27-22(26)20-17(12-15(2)3)14-29-21(20)23-18(24)13-28-19(25)11-10-16-8-6-5-7-9-16/h5-11,14-15H,4,12-13H2,1-3H3,(H,23,24)/b11-10+. The van der Waals surface area contributed by atoms with E-state index in [4.69, 9.17) is 9.47 Å². The number of carbonyl (C=O) groups is 3. The maximum absolute atomic E-state index is 12.3. The smallest absolute Gasteiger partial charge is 0.341 e. The zero-order chi connectivity index (χ0) is 21.2. The second-order valence-corrected chi connectivity index (χ2v) is 7.56. The van der Waals surface area contributed by atoms with Gasteiger partial charge in [-0.25, -0.2) is 9.59 Å². The Hall–Kier alpha value is -2.93. The third-order valence-electron chi connectivity index (χ3n) is 3.78. The Kier molecular flexibility index (Phi) is 8.61. The van der Waals surface area contributed by atoms with Crippen LogP contribution < -0.4 is 5.32 Å². The minimum absolute atomic E-state index is 0.245. The normalized spacial score (nSPS) is 10.9. The number of rotatable bonds is 9. The first-order valence-corrected chi connectivity index (χ1v) is 10.3. The van der Waals surface area contributed by atoms with Crippen molar-refractivity contribution in [1.82, 2.24) is 0 Å². The van der Waals surface area contributed by atoms with Crippen molar-refractivity contribution < 1.29 is 23.9 Å². The predicted molar refractivity (Wildman–Crippen MR) is 114 cm³/mol. The number of hydrogen-bond donors (Lipinski definition) is 1. The molecule has 6 nitrogen and oxygen atoms in total. The maximum Gasteiger partial charge on any atom is 0.341 e. The summed E-state index contributed by atoms with van der Waals surface area (Å²) in [6.07, 6.45) is 3.56. The summed E-state index contributed by atoms with van der Waals surface area (Å²) in [5.41, 5.74) is 2.06. The van der Waals surface area contributed by atoms with Crippen molar-refractivity contribution in [3.05, 3.63) is 58.5 Å². The molecule has 0 spiro atoms. The number of hydrogen-bond acceptors (Lipinski definition) is 6. The first kappa shape index (κ1) is 22.4. The fraction of sp³-hybridized carbons (Fsp3) is 0.318. The number of esters is 2. The van der Waals surface area contributed by atoms with E-state index in [9.17, 15) is 14.4 Å². The van der Waals surface area contributed by atoms with Gasteiger partial charge in [0.05, 0.1) is 12.2 Å². The van der Waals surface area contributed by atoms with E-state index >= 15 is 0 Å². The van der Waals surface area contributed by atoms with E-state index in [0.717, 1.165) is 11.1 Å². The van der Waals surface area contributed by atoms with Crippen LogP contribution in [-0.4, -0.2) is 31.1 Å². The first-order chi connectivity index (χ1) is 13.9. The Labute approximate surface area is 174 Å². The molecule has 0 saturated heterocycles. The van der Waals surface area contributed by atoms with Crippen LogP contribution in [0.4, 0.5) is 5.00 Å². The summed E-state index contributed by atoms with van der Waals surface area (Å²) in [5, 5.41) is 4.90. The molecular formula is C22H25NO5S. The molecule has 154 valence electrons. The third kappa shape index (κ3) is 7.19. The van der Waals surface area contributed by atoms with E-state index in [2.05, 4.69) is 5.32 Å². The highest BCUT2D eigenvalue weighted by atomic mass is 32.1. The van der Waals surface area contributed by atoms with Gasteiger partial charge in [-0.05, 0) is 41.8 Å². The number of thiophene rings is 1. The zero-order valence-corrected chi connectivity index (χ0v) is 17.6. The van der Waals surface area contributed by atoms with Crippen molar-refractivity contribution in [2.45, 2.75) is 27.2 Å². The molecule has 0 aliphatic carbocycles. The van der Waals surface area contributed by atoms with Crippen LogP contribution in [0.2, 0.25) is 0 Å². The number of amides is 1. The fourth-order valence-corrected chi connectivity index (χ4v) is 3.56. The Balaban J connectivity index is 1.97. The van der Waals surface area contributed by atoms with Crippen LogP contribution in [0.3, 0.4) is 0 Å². The van der Waals surface area contributed by atoms with Crippen molar-refractivity contribution in [2.24, 2.45) is 5.92 Å². The summed E-state index contributed by atoms with van der Waals surface area (Å²) in [6, 6.07) is 9.28. The van der Waals surface area contributed by atoms with Crippen molar-refractivity contribution in [3.8, 4) is 0 Å². The average molecular weight is 416 g/mol. The van der Waals surface area contributed by atoms with Crippen LogP contribution in [0, 0.1) is 5.92 Å². The molecule has 0 radical (unpaired) electrons. The number of carbonyl (C=O) groups excluding carboxylic acids is 3. The van der Waals surface area contributed by atoms with Gasteiger partial charge in [0.1, 0.15) is 5.00 Å². The summed E-state index contributed by atoms with van der Waals surface area (Å²) in [4.78, 5) is 36.3. The molecule has 1 N–H and O–H groups in total. The summed E-state index contributed by atoms with van der Waals surface area (Å²) < 4.78 is 10.1. The summed E-state index contributed by atoms with van der Waals surface area (Å²) in [6.45, 7) is 5.62. The van der Waals surface area contributed by atoms with Crippen molar-refractivity contribution in [3.63, 3.8) is 0 Å². The van der Waals surface area contributed by atoms with Gasteiger partial charge in [-0.3, -0.25) is 4.79 Å². The Morgan fingerprint density at radius 3 is 2.52 bits per heavy atom. The topological polar surface area (TPSA) is 81.7 Å². The van der Waals surface area contributed by atoms with Crippen LogP contribution >= 0.6 is 11.3 Å². The molecule has 1 aromatic carbocycles. The highest BCUT2D eigenvalue weighted by molar-refractivity contribution is 7.15. The van der Waals surface area contributed by atoms with Gasteiger partial charge in [-0.15, -0.1) is 11.3 Å². The monoisotopic (exact) mass is 415 g/mol. The van der Waals surface area contributed by atoms with Crippen LogP contribution in [-0.2, 0) is 25.5 Å². The Morgan fingerprint density at radius 1 is 1.14 bits per heavy atom. The Bertz CT molecular complexity index is 871. The van der Waals surface area contributed by atoms with E-state index in [0.29, 0.717) is 22.9 Å². The maximum atomic E-state index is 12.3. The van der Waals surface area contributed by atoms with E-state index in [-0.39, 0.29) is 6.61 Å². The molecule has 0 bridgehead atoms. The van der Waals surface area contributed by atoms with Crippen LogP contribution in [0.25, 0.3) is 6.08 Å². The lowest BCUT2D eigenvalue weighted by Crippen LogP contribution is -2.21. The minimum Gasteiger partial charge on any atom is -0.462 e. The van der Waals surface area contributed by atoms with Gasteiger partial charge in [0, 0.05) is 6.08 Å². The molecule has 0 aliphatic rings. The second-order valence-electron chi connectivity index (χ2n) is 6.68. The van der Waals surface area contributed by atoms with Crippen LogP contribution in [0.15, 0.2) is 41.8 Å². The van der Waals surface area contributed by atoms with E-state index < -0.39 is 24.5 Å². The summed E-state index contributed by atoms with van der Waals surface area (Å²) >= 11 is 1.26. The predicted octanol–water partition coefficient (Wildman–Crippen LogP) is 4.32. The quantitative estimate of drug-likeness (QED) is 0.487. The molecule has 0 unspecified atom stereocenters. The zero-order valence-electron chi connectivity index (χ0n) is 16.8. The van der Waals surface area contributed by atoms with E-state index in [1.807, 2.05) is 49.6 Å². The van der Waals surface area contributed by atoms with E-state index in [1.54, 1.807) is 13.0 Å². The third-order valence-corrected chi connectivity index (χ3v) is 4.73. The molecule has 0 fully saturated rings. The molecule has 1 heterocycles. The number of nitrogens with one attached hydrogen (secondary N) is 1. The van der Waals surface area contributed by atoms with Gasteiger partial charge in [-0.1, -0.05) is 44.2 Å².